The van der Waals surface area contributed by atoms with Crippen LogP contribution in [0.5, 0.6) is 0 Å². The highest BCUT2D eigenvalue weighted by Gasteiger charge is 2.22. The number of hydrogen-bond donors (Lipinski definition) is 1. The molecule has 0 unspecified atom stereocenters. The molecule has 5 nitrogen and oxygen atoms in total. The zero-order valence-electron chi connectivity index (χ0n) is 11.7. The highest BCUT2D eigenvalue weighted by atomic mass is 32.1. The molecule has 2 rings (SSSR count). The van der Waals surface area contributed by atoms with Gasteiger partial charge in [-0.15, -0.1) is 11.3 Å². The molecular weight excluding hydrogens is 290 g/mol. The molecule has 0 saturated heterocycles. The Morgan fingerprint density at radius 1 is 1.10 bits per heavy atom. The van der Waals surface area contributed by atoms with E-state index in [0.717, 1.165) is 4.88 Å². The fourth-order valence-electron chi connectivity index (χ4n) is 1.90. The van der Waals surface area contributed by atoms with E-state index in [-0.39, 0.29) is 11.1 Å². The second-order valence-electron chi connectivity index (χ2n) is 4.14. The summed E-state index contributed by atoms with van der Waals surface area (Å²) in [5, 5.41) is 5.13. The first-order chi connectivity index (χ1) is 10.2. The van der Waals surface area contributed by atoms with E-state index in [2.05, 4.69) is 5.32 Å². The van der Waals surface area contributed by atoms with Crippen LogP contribution >= 0.6 is 11.3 Å². The molecule has 1 aromatic heterocycles. The molecule has 0 bridgehead atoms. The number of methoxy groups -OCH3 is 2. The van der Waals surface area contributed by atoms with Crippen molar-refractivity contribution < 1.29 is 19.1 Å². The summed E-state index contributed by atoms with van der Waals surface area (Å²) in [5.74, 6) is -1.15. The quantitative estimate of drug-likeness (QED) is 0.860. The topological polar surface area (TPSA) is 64.6 Å². The number of carbonyl (C=O) groups is 2. The third kappa shape index (κ3) is 3.41. The average Bonchev–Trinajstić information content (AvgIpc) is 3.04. The smallest absolute Gasteiger partial charge is 0.340 e. The minimum Gasteiger partial charge on any atom is -0.465 e. The summed E-state index contributed by atoms with van der Waals surface area (Å²) in [7, 11) is 2.55. The number of ether oxygens (including phenoxy) is 2. The van der Waals surface area contributed by atoms with Gasteiger partial charge in [-0.2, -0.15) is 0 Å². The number of rotatable bonds is 5. The Morgan fingerprint density at radius 2 is 1.86 bits per heavy atom. The first kappa shape index (κ1) is 15.1. The van der Waals surface area contributed by atoms with Crippen molar-refractivity contribution in [3.8, 4) is 0 Å². The molecule has 0 fully saturated rings. The lowest BCUT2D eigenvalue weighted by Gasteiger charge is -2.13. The number of esters is 2. The van der Waals surface area contributed by atoms with Gasteiger partial charge in [0.25, 0.3) is 0 Å². The molecule has 0 aliphatic rings. The largest absolute Gasteiger partial charge is 0.465 e. The Bertz CT molecular complexity index is 637. The molecule has 0 saturated carbocycles. The Kier molecular flexibility index (Phi) is 4.94. The van der Waals surface area contributed by atoms with Crippen molar-refractivity contribution in [2.24, 2.45) is 0 Å². The van der Waals surface area contributed by atoms with Gasteiger partial charge in [0.1, 0.15) is 0 Å². The molecule has 0 atom stereocenters. The first-order valence-corrected chi connectivity index (χ1v) is 7.11. The molecule has 2 aromatic rings. The zero-order chi connectivity index (χ0) is 15.2. The Morgan fingerprint density at radius 3 is 2.48 bits per heavy atom. The molecule has 0 amide bonds. The van der Waals surface area contributed by atoms with Gasteiger partial charge in [-0.25, -0.2) is 9.59 Å². The van der Waals surface area contributed by atoms with Gasteiger partial charge >= 0.3 is 11.9 Å². The van der Waals surface area contributed by atoms with Crippen LogP contribution in [0.15, 0.2) is 35.7 Å². The molecule has 1 heterocycles. The van der Waals surface area contributed by atoms with Gasteiger partial charge in [0.2, 0.25) is 0 Å². The van der Waals surface area contributed by atoms with E-state index in [1.807, 2.05) is 17.5 Å². The SMILES string of the molecule is COC(=O)c1cccc(NCc2cccs2)c1C(=O)OC. The summed E-state index contributed by atoms with van der Waals surface area (Å²) in [4.78, 5) is 24.9. The van der Waals surface area contributed by atoms with Crippen LogP contribution in [0, 0.1) is 0 Å². The third-order valence-corrected chi connectivity index (χ3v) is 3.77. The molecule has 0 aliphatic carbocycles. The molecule has 1 aromatic carbocycles. The monoisotopic (exact) mass is 305 g/mol. The van der Waals surface area contributed by atoms with Crippen LogP contribution in [0.1, 0.15) is 25.6 Å². The van der Waals surface area contributed by atoms with E-state index in [0.29, 0.717) is 12.2 Å². The molecule has 1 N–H and O–H groups in total. The molecular formula is C15H15NO4S. The van der Waals surface area contributed by atoms with Crippen molar-refractivity contribution in [2.75, 3.05) is 19.5 Å². The Balaban J connectivity index is 2.34. The lowest BCUT2D eigenvalue weighted by Crippen LogP contribution is -2.15. The maximum atomic E-state index is 12.0. The molecule has 0 aliphatic heterocycles. The van der Waals surface area contributed by atoms with E-state index in [4.69, 9.17) is 9.47 Å². The van der Waals surface area contributed by atoms with Gasteiger partial charge in [0, 0.05) is 17.1 Å². The summed E-state index contributed by atoms with van der Waals surface area (Å²) in [5.41, 5.74) is 0.905. The van der Waals surface area contributed by atoms with Crippen LogP contribution < -0.4 is 5.32 Å². The lowest BCUT2D eigenvalue weighted by atomic mass is 10.1. The summed E-state index contributed by atoms with van der Waals surface area (Å²) < 4.78 is 9.47. The van der Waals surface area contributed by atoms with Gasteiger partial charge in [-0.3, -0.25) is 0 Å². The number of benzene rings is 1. The van der Waals surface area contributed by atoms with Crippen LogP contribution in [0.4, 0.5) is 5.69 Å². The van der Waals surface area contributed by atoms with Crippen LogP contribution in [0.2, 0.25) is 0 Å². The van der Waals surface area contributed by atoms with Crippen molar-refractivity contribution in [2.45, 2.75) is 6.54 Å². The van der Waals surface area contributed by atoms with E-state index < -0.39 is 11.9 Å². The fraction of sp³-hybridized carbons (Fsp3) is 0.200. The lowest BCUT2D eigenvalue weighted by molar-refractivity contribution is 0.0556. The first-order valence-electron chi connectivity index (χ1n) is 6.23. The highest BCUT2D eigenvalue weighted by molar-refractivity contribution is 7.09. The van der Waals surface area contributed by atoms with Crippen molar-refractivity contribution in [1.82, 2.24) is 0 Å². The Hall–Kier alpha value is -2.34. The van der Waals surface area contributed by atoms with E-state index in [1.54, 1.807) is 23.5 Å². The van der Waals surface area contributed by atoms with E-state index >= 15 is 0 Å². The minimum absolute atomic E-state index is 0.181. The predicted octanol–water partition coefficient (Wildman–Crippen LogP) is 2.93. The van der Waals surface area contributed by atoms with Crippen molar-refractivity contribution in [3.05, 3.63) is 51.7 Å². The normalized spacial score (nSPS) is 10.0. The number of anilines is 1. The van der Waals surface area contributed by atoms with Crippen LogP contribution in [0.25, 0.3) is 0 Å². The number of nitrogens with one attached hydrogen (secondary N) is 1. The highest BCUT2D eigenvalue weighted by Crippen LogP contribution is 2.23. The number of carbonyl (C=O) groups excluding carboxylic acids is 2. The molecule has 21 heavy (non-hydrogen) atoms. The molecule has 110 valence electrons. The Labute approximate surface area is 126 Å². The molecule has 0 radical (unpaired) electrons. The van der Waals surface area contributed by atoms with Gasteiger partial charge < -0.3 is 14.8 Å². The van der Waals surface area contributed by atoms with Crippen molar-refractivity contribution >= 4 is 29.0 Å². The van der Waals surface area contributed by atoms with Crippen LogP contribution in [0.3, 0.4) is 0 Å². The zero-order valence-corrected chi connectivity index (χ0v) is 12.5. The van der Waals surface area contributed by atoms with Gasteiger partial charge in [-0.1, -0.05) is 12.1 Å². The van der Waals surface area contributed by atoms with Gasteiger partial charge in [0.15, 0.2) is 0 Å². The summed E-state index contributed by atoms with van der Waals surface area (Å²) >= 11 is 1.61. The third-order valence-electron chi connectivity index (χ3n) is 2.89. The number of thiophene rings is 1. The summed E-state index contributed by atoms with van der Waals surface area (Å²) in [6, 6.07) is 8.89. The predicted molar refractivity (Wildman–Crippen MR) is 80.8 cm³/mol. The van der Waals surface area contributed by atoms with E-state index in [1.165, 1.54) is 20.3 Å². The minimum atomic E-state index is -0.579. The molecule has 6 heteroatoms. The van der Waals surface area contributed by atoms with Gasteiger partial charge in [0.05, 0.1) is 25.3 Å². The average molecular weight is 305 g/mol. The van der Waals surface area contributed by atoms with Crippen LogP contribution in [-0.4, -0.2) is 26.2 Å². The maximum Gasteiger partial charge on any atom is 0.340 e. The number of hydrogen-bond acceptors (Lipinski definition) is 6. The molecule has 0 spiro atoms. The summed E-state index contributed by atoms with van der Waals surface area (Å²) in [6.45, 7) is 0.562. The summed E-state index contributed by atoms with van der Waals surface area (Å²) in [6.07, 6.45) is 0. The van der Waals surface area contributed by atoms with E-state index in [9.17, 15) is 9.59 Å². The second kappa shape index (κ2) is 6.90. The second-order valence-corrected chi connectivity index (χ2v) is 5.18. The standard InChI is InChI=1S/C15H15NO4S/c1-19-14(17)11-6-3-7-12(13(11)15(18)20-2)16-9-10-5-4-8-21-10/h3-8,16H,9H2,1-2H3. The van der Waals surface area contributed by atoms with Gasteiger partial charge in [-0.05, 0) is 23.6 Å². The van der Waals surface area contributed by atoms with Crippen LogP contribution in [-0.2, 0) is 16.0 Å². The van der Waals surface area contributed by atoms with Crippen molar-refractivity contribution in [1.29, 1.82) is 0 Å². The fourth-order valence-corrected chi connectivity index (χ4v) is 2.54. The maximum absolute atomic E-state index is 12.0. The van der Waals surface area contributed by atoms with Crippen molar-refractivity contribution in [3.63, 3.8) is 0 Å².